The smallest absolute Gasteiger partial charge is 0.288 e. The average molecular weight is 295 g/mol. The fourth-order valence-corrected chi connectivity index (χ4v) is 2.42. The first-order valence-electron chi connectivity index (χ1n) is 6.03. The van der Waals surface area contributed by atoms with Gasteiger partial charge in [-0.25, -0.2) is 4.98 Å². The topological polar surface area (TPSA) is 109 Å². The van der Waals surface area contributed by atoms with E-state index in [0.717, 1.165) is 25.1 Å². The van der Waals surface area contributed by atoms with Gasteiger partial charge in [0.05, 0.1) is 22.5 Å². The van der Waals surface area contributed by atoms with Crippen LogP contribution in [0.3, 0.4) is 0 Å². The van der Waals surface area contributed by atoms with Gasteiger partial charge in [-0.1, -0.05) is 11.6 Å². The lowest BCUT2D eigenvalue weighted by Crippen LogP contribution is -2.37. The van der Waals surface area contributed by atoms with E-state index >= 15 is 0 Å². The lowest BCUT2D eigenvalue weighted by molar-refractivity contribution is -0.385. The van der Waals surface area contributed by atoms with Crippen molar-refractivity contribution in [2.75, 3.05) is 0 Å². The number of amides is 1. The van der Waals surface area contributed by atoms with Gasteiger partial charge >= 0.3 is 0 Å². The van der Waals surface area contributed by atoms with E-state index < -0.39 is 10.8 Å². The summed E-state index contributed by atoms with van der Waals surface area (Å²) in [5.74, 6) is -0.775. The number of nitriles is 1. The Morgan fingerprint density at radius 2 is 2.35 bits per heavy atom. The zero-order valence-electron chi connectivity index (χ0n) is 10.4. The monoisotopic (exact) mass is 294 g/mol. The fraction of sp³-hybridized carbons (Fsp3) is 0.417. The molecule has 1 aliphatic carbocycles. The molecule has 0 aliphatic heterocycles. The summed E-state index contributed by atoms with van der Waals surface area (Å²) in [5, 5.41) is 22.2. The van der Waals surface area contributed by atoms with Gasteiger partial charge in [-0.15, -0.1) is 0 Å². The quantitative estimate of drug-likeness (QED) is 0.521. The number of nitrogens with one attached hydrogen (secondary N) is 1. The SMILES string of the molecule is N#CC1CCCC1NC(=O)c1cc([N+](=O)[O-])cnc1Cl. The average Bonchev–Trinajstić information content (AvgIpc) is 2.86. The Labute approximate surface area is 119 Å². The normalized spacial score (nSPS) is 21.2. The van der Waals surface area contributed by atoms with Crippen molar-refractivity contribution >= 4 is 23.2 Å². The molecule has 1 saturated carbocycles. The number of halogens is 1. The summed E-state index contributed by atoms with van der Waals surface area (Å²) in [6, 6.07) is 2.98. The first kappa shape index (κ1) is 14.2. The highest BCUT2D eigenvalue weighted by Gasteiger charge is 2.29. The van der Waals surface area contributed by atoms with E-state index in [1.165, 1.54) is 0 Å². The van der Waals surface area contributed by atoms with Crippen molar-refractivity contribution in [3.63, 3.8) is 0 Å². The highest BCUT2D eigenvalue weighted by molar-refractivity contribution is 6.32. The number of carbonyl (C=O) groups excluding carboxylic acids is 1. The molecular formula is C12H11ClN4O3. The molecule has 0 bridgehead atoms. The number of hydrogen-bond acceptors (Lipinski definition) is 5. The second-order valence-electron chi connectivity index (χ2n) is 4.54. The highest BCUT2D eigenvalue weighted by atomic mass is 35.5. The van der Waals surface area contributed by atoms with Gasteiger partial charge in [-0.05, 0) is 19.3 Å². The highest BCUT2D eigenvalue weighted by Crippen LogP contribution is 2.26. The molecule has 1 aromatic heterocycles. The third-order valence-electron chi connectivity index (χ3n) is 3.28. The molecule has 0 radical (unpaired) electrons. The number of hydrogen-bond donors (Lipinski definition) is 1. The van der Waals surface area contributed by atoms with Crippen molar-refractivity contribution in [2.45, 2.75) is 25.3 Å². The maximum absolute atomic E-state index is 12.1. The minimum absolute atomic E-state index is 0.0514. The molecule has 2 atom stereocenters. The molecule has 0 saturated heterocycles. The molecule has 1 aromatic rings. The lowest BCUT2D eigenvalue weighted by Gasteiger charge is -2.15. The maximum atomic E-state index is 12.1. The third-order valence-corrected chi connectivity index (χ3v) is 3.58. The summed E-state index contributed by atoms with van der Waals surface area (Å²) < 4.78 is 0. The summed E-state index contributed by atoms with van der Waals surface area (Å²) in [4.78, 5) is 25.8. The van der Waals surface area contributed by atoms with E-state index in [4.69, 9.17) is 16.9 Å². The van der Waals surface area contributed by atoms with Crippen LogP contribution in [0.25, 0.3) is 0 Å². The number of rotatable bonds is 3. The standard InChI is InChI=1S/C12H11ClN4O3/c13-11-9(4-8(6-15-11)17(19)20)12(18)16-10-3-1-2-7(10)5-14/h4,6-7,10H,1-3H2,(H,16,18). The summed E-state index contributed by atoms with van der Waals surface area (Å²) in [5.41, 5.74) is -0.354. The summed E-state index contributed by atoms with van der Waals surface area (Å²) >= 11 is 5.79. The molecule has 1 amide bonds. The molecule has 1 fully saturated rings. The Bertz CT molecular complexity index is 599. The van der Waals surface area contributed by atoms with Gasteiger partial charge in [-0.2, -0.15) is 5.26 Å². The molecule has 2 unspecified atom stereocenters. The Morgan fingerprint density at radius 3 is 3.00 bits per heavy atom. The second-order valence-corrected chi connectivity index (χ2v) is 4.89. The second kappa shape index (κ2) is 5.84. The summed E-state index contributed by atoms with van der Waals surface area (Å²) in [6.07, 6.45) is 3.31. The van der Waals surface area contributed by atoms with Gasteiger partial charge in [0.2, 0.25) is 0 Å². The van der Waals surface area contributed by atoms with Gasteiger partial charge < -0.3 is 5.32 Å². The Morgan fingerprint density at radius 1 is 1.60 bits per heavy atom. The van der Waals surface area contributed by atoms with Gasteiger partial charge in [-0.3, -0.25) is 14.9 Å². The van der Waals surface area contributed by atoms with Crippen molar-refractivity contribution in [3.8, 4) is 6.07 Å². The van der Waals surface area contributed by atoms with Crippen LogP contribution >= 0.6 is 11.6 Å². The first-order chi connectivity index (χ1) is 9.52. The van der Waals surface area contributed by atoms with E-state index in [2.05, 4.69) is 16.4 Å². The zero-order valence-corrected chi connectivity index (χ0v) is 11.1. The molecule has 104 valence electrons. The van der Waals surface area contributed by atoms with Crippen molar-refractivity contribution in [2.24, 2.45) is 5.92 Å². The maximum Gasteiger partial charge on any atom is 0.288 e. The molecule has 0 spiro atoms. The Hall–Kier alpha value is -2.20. The summed E-state index contributed by atoms with van der Waals surface area (Å²) in [6.45, 7) is 0. The number of carbonyl (C=O) groups is 1. The van der Waals surface area contributed by atoms with Gasteiger partial charge in [0, 0.05) is 12.1 Å². The Balaban J connectivity index is 2.19. The molecule has 0 aromatic carbocycles. The van der Waals surface area contributed by atoms with Crippen molar-refractivity contribution in [3.05, 3.63) is 33.1 Å². The van der Waals surface area contributed by atoms with E-state index in [1.54, 1.807) is 0 Å². The third kappa shape index (κ3) is 2.86. The van der Waals surface area contributed by atoms with Crippen LogP contribution in [0.15, 0.2) is 12.3 Å². The molecule has 7 nitrogen and oxygen atoms in total. The summed E-state index contributed by atoms with van der Waals surface area (Å²) in [7, 11) is 0. The van der Waals surface area contributed by atoms with Crippen LogP contribution in [0, 0.1) is 27.4 Å². The molecule has 1 N–H and O–H groups in total. The van der Waals surface area contributed by atoms with Crippen LogP contribution in [0.4, 0.5) is 5.69 Å². The van der Waals surface area contributed by atoms with Crippen LogP contribution in [0.1, 0.15) is 29.6 Å². The molecule has 8 heteroatoms. The van der Waals surface area contributed by atoms with Crippen LogP contribution < -0.4 is 5.32 Å². The minimum Gasteiger partial charge on any atom is -0.348 e. The van der Waals surface area contributed by atoms with Crippen LogP contribution in [0.2, 0.25) is 5.15 Å². The van der Waals surface area contributed by atoms with Crippen LogP contribution in [-0.4, -0.2) is 21.9 Å². The molecular weight excluding hydrogens is 284 g/mol. The van der Waals surface area contributed by atoms with E-state index in [-0.39, 0.29) is 28.4 Å². The van der Waals surface area contributed by atoms with E-state index in [1.807, 2.05) is 0 Å². The Kier molecular flexibility index (Phi) is 4.15. The van der Waals surface area contributed by atoms with Crippen molar-refractivity contribution in [1.29, 1.82) is 5.26 Å². The van der Waals surface area contributed by atoms with Crippen LogP contribution in [0.5, 0.6) is 0 Å². The van der Waals surface area contributed by atoms with Crippen molar-refractivity contribution < 1.29 is 9.72 Å². The zero-order chi connectivity index (χ0) is 14.7. The minimum atomic E-state index is -0.645. The first-order valence-corrected chi connectivity index (χ1v) is 6.41. The predicted molar refractivity (Wildman–Crippen MR) is 70.1 cm³/mol. The number of nitrogens with zero attached hydrogens (tertiary/aromatic N) is 3. The molecule has 2 rings (SSSR count). The predicted octanol–water partition coefficient (Wildman–Crippen LogP) is 2.07. The fourth-order valence-electron chi connectivity index (χ4n) is 2.23. The van der Waals surface area contributed by atoms with E-state index in [0.29, 0.717) is 6.42 Å². The number of aromatic nitrogens is 1. The van der Waals surface area contributed by atoms with Gasteiger partial charge in [0.25, 0.3) is 11.6 Å². The van der Waals surface area contributed by atoms with Gasteiger partial charge in [0.1, 0.15) is 11.3 Å². The molecule has 1 aliphatic rings. The lowest BCUT2D eigenvalue weighted by atomic mass is 10.1. The van der Waals surface area contributed by atoms with Crippen molar-refractivity contribution in [1.82, 2.24) is 10.3 Å². The van der Waals surface area contributed by atoms with Crippen LogP contribution in [-0.2, 0) is 0 Å². The largest absolute Gasteiger partial charge is 0.348 e. The molecule has 20 heavy (non-hydrogen) atoms. The van der Waals surface area contributed by atoms with E-state index in [9.17, 15) is 14.9 Å². The number of pyridine rings is 1. The molecule has 1 heterocycles. The number of nitro groups is 1. The van der Waals surface area contributed by atoms with Gasteiger partial charge in [0.15, 0.2) is 0 Å².